The van der Waals surface area contributed by atoms with Crippen LogP contribution in [0.4, 0.5) is 5.69 Å². The fraction of sp³-hybridized carbons (Fsp3) is 0.292. The molecule has 1 heterocycles. The monoisotopic (exact) mass is 424 g/mol. The second kappa shape index (κ2) is 10.7. The molecular weight excluding hydrogens is 396 g/mol. The Kier molecular flexibility index (Phi) is 7.74. The van der Waals surface area contributed by atoms with Crippen LogP contribution < -0.4 is 14.4 Å². The van der Waals surface area contributed by atoms with E-state index < -0.39 is 0 Å². The predicted molar refractivity (Wildman–Crippen MR) is 122 cm³/mol. The number of hydrogen-bond donors (Lipinski definition) is 0. The largest absolute Gasteiger partial charge is 0.493 e. The standard InChI is InChI=1S/C24H28N2O3S/c1-4-26(24(27)17-25(2)20-9-6-5-7-10-20)16-19-12-13-22(23(15-19)28-3)29-18-21-11-8-14-30-21/h5-15H,4,16-18H2,1-3H3. The van der Waals surface area contributed by atoms with Crippen molar-refractivity contribution in [2.45, 2.75) is 20.1 Å². The third-order valence-electron chi connectivity index (χ3n) is 4.86. The number of para-hydroxylation sites is 1. The molecule has 5 nitrogen and oxygen atoms in total. The highest BCUT2D eigenvalue weighted by molar-refractivity contribution is 7.09. The molecule has 0 aliphatic rings. The molecule has 0 radical (unpaired) electrons. The third-order valence-corrected chi connectivity index (χ3v) is 5.71. The van der Waals surface area contributed by atoms with Crippen molar-refractivity contribution in [3.05, 3.63) is 76.5 Å². The van der Waals surface area contributed by atoms with E-state index in [4.69, 9.17) is 9.47 Å². The van der Waals surface area contributed by atoms with Crippen LogP contribution >= 0.6 is 11.3 Å². The van der Waals surface area contributed by atoms with Crippen LogP contribution in [0.2, 0.25) is 0 Å². The van der Waals surface area contributed by atoms with Crippen molar-refractivity contribution in [2.24, 2.45) is 0 Å². The van der Waals surface area contributed by atoms with Gasteiger partial charge in [0.25, 0.3) is 0 Å². The zero-order chi connectivity index (χ0) is 21.3. The smallest absolute Gasteiger partial charge is 0.242 e. The van der Waals surface area contributed by atoms with E-state index in [9.17, 15) is 4.79 Å². The van der Waals surface area contributed by atoms with Gasteiger partial charge in [-0.1, -0.05) is 30.3 Å². The van der Waals surface area contributed by atoms with Crippen LogP contribution in [-0.4, -0.2) is 38.1 Å². The Balaban J connectivity index is 1.63. The van der Waals surface area contributed by atoms with E-state index in [0.717, 1.165) is 16.1 Å². The summed E-state index contributed by atoms with van der Waals surface area (Å²) in [6.07, 6.45) is 0. The van der Waals surface area contributed by atoms with Crippen molar-refractivity contribution in [3.63, 3.8) is 0 Å². The summed E-state index contributed by atoms with van der Waals surface area (Å²) in [4.78, 5) is 17.8. The Morgan fingerprint density at radius 1 is 1.03 bits per heavy atom. The number of rotatable bonds is 10. The lowest BCUT2D eigenvalue weighted by Gasteiger charge is -2.26. The molecule has 1 amide bonds. The number of hydrogen-bond acceptors (Lipinski definition) is 5. The summed E-state index contributed by atoms with van der Waals surface area (Å²) in [5, 5.41) is 2.03. The molecule has 0 unspecified atom stereocenters. The maximum atomic E-state index is 12.8. The topological polar surface area (TPSA) is 42.0 Å². The molecule has 3 aromatic rings. The first-order chi connectivity index (χ1) is 14.6. The second-order valence-corrected chi connectivity index (χ2v) is 7.99. The van der Waals surface area contributed by atoms with E-state index in [1.54, 1.807) is 18.4 Å². The minimum absolute atomic E-state index is 0.0841. The normalized spacial score (nSPS) is 10.5. The highest BCUT2D eigenvalue weighted by Gasteiger charge is 2.16. The van der Waals surface area contributed by atoms with Gasteiger partial charge in [-0.25, -0.2) is 0 Å². The van der Waals surface area contributed by atoms with E-state index in [1.807, 2.05) is 89.8 Å². The van der Waals surface area contributed by atoms with Gasteiger partial charge in [-0.2, -0.15) is 0 Å². The van der Waals surface area contributed by atoms with E-state index in [-0.39, 0.29) is 5.91 Å². The first kappa shape index (κ1) is 21.7. The van der Waals surface area contributed by atoms with Gasteiger partial charge in [0.05, 0.1) is 13.7 Å². The Morgan fingerprint density at radius 2 is 1.83 bits per heavy atom. The molecule has 30 heavy (non-hydrogen) atoms. The first-order valence-corrected chi connectivity index (χ1v) is 10.8. The fourth-order valence-electron chi connectivity index (χ4n) is 3.15. The Hall–Kier alpha value is -2.99. The Labute approximate surface area is 182 Å². The van der Waals surface area contributed by atoms with Crippen LogP contribution in [0, 0.1) is 0 Å². The lowest BCUT2D eigenvalue weighted by atomic mass is 10.2. The van der Waals surface area contributed by atoms with Crippen molar-refractivity contribution in [1.29, 1.82) is 0 Å². The van der Waals surface area contributed by atoms with Crippen LogP contribution in [0.1, 0.15) is 17.4 Å². The lowest BCUT2D eigenvalue weighted by molar-refractivity contribution is -0.130. The number of anilines is 1. The fourth-order valence-corrected chi connectivity index (χ4v) is 3.76. The van der Waals surface area contributed by atoms with Gasteiger partial charge in [0.2, 0.25) is 5.91 Å². The zero-order valence-corrected chi connectivity index (χ0v) is 18.5. The van der Waals surface area contributed by atoms with Gasteiger partial charge < -0.3 is 19.3 Å². The number of nitrogens with zero attached hydrogens (tertiary/aromatic N) is 2. The van der Waals surface area contributed by atoms with Crippen molar-refractivity contribution in [3.8, 4) is 11.5 Å². The molecule has 158 valence electrons. The average molecular weight is 425 g/mol. The quantitative estimate of drug-likeness (QED) is 0.468. The minimum Gasteiger partial charge on any atom is -0.493 e. The molecule has 0 saturated carbocycles. The van der Waals surface area contributed by atoms with Crippen molar-refractivity contribution in [1.82, 2.24) is 4.90 Å². The second-order valence-electron chi connectivity index (χ2n) is 6.95. The Morgan fingerprint density at radius 3 is 2.50 bits per heavy atom. The van der Waals surface area contributed by atoms with Crippen molar-refractivity contribution in [2.75, 3.05) is 32.1 Å². The van der Waals surface area contributed by atoms with Crippen LogP contribution in [0.25, 0.3) is 0 Å². The van der Waals surface area contributed by atoms with Gasteiger partial charge in [-0.3, -0.25) is 4.79 Å². The molecule has 0 aliphatic carbocycles. The number of methoxy groups -OCH3 is 1. The molecule has 6 heteroatoms. The molecule has 0 saturated heterocycles. The highest BCUT2D eigenvalue weighted by atomic mass is 32.1. The molecule has 2 aromatic carbocycles. The summed E-state index contributed by atoms with van der Waals surface area (Å²) in [7, 11) is 3.57. The van der Waals surface area contributed by atoms with Gasteiger partial charge in [0.15, 0.2) is 11.5 Å². The lowest BCUT2D eigenvalue weighted by Crippen LogP contribution is -2.38. The summed E-state index contributed by atoms with van der Waals surface area (Å²) in [5.41, 5.74) is 2.03. The van der Waals surface area contributed by atoms with Crippen LogP contribution in [0.5, 0.6) is 11.5 Å². The van der Waals surface area contributed by atoms with Gasteiger partial charge in [-0.15, -0.1) is 11.3 Å². The number of amides is 1. The SMILES string of the molecule is CCN(Cc1ccc(OCc2cccs2)c(OC)c1)C(=O)CN(C)c1ccccc1. The first-order valence-electron chi connectivity index (χ1n) is 9.96. The van der Waals surface area contributed by atoms with Gasteiger partial charge in [0.1, 0.15) is 6.61 Å². The minimum atomic E-state index is 0.0841. The highest BCUT2D eigenvalue weighted by Crippen LogP contribution is 2.29. The molecule has 1 aromatic heterocycles. The van der Waals surface area contributed by atoms with E-state index in [0.29, 0.717) is 37.7 Å². The van der Waals surface area contributed by atoms with E-state index in [2.05, 4.69) is 0 Å². The maximum Gasteiger partial charge on any atom is 0.242 e. The number of benzene rings is 2. The third kappa shape index (κ3) is 5.76. The number of thiophene rings is 1. The summed E-state index contributed by atoms with van der Waals surface area (Å²) in [6, 6.07) is 19.8. The van der Waals surface area contributed by atoms with Gasteiger partial charge in [-0.05, 0) is 48.2 Å². The Bertz CT molecular complexity index is 929. The number of carbonyl (C=O) groups is 1. The van der Waals surface area contributed by atoms with Gasteiger partial charge in [0, 0.05) is 30.7 Å². The zero-order valence-electron chi connectivity index (χ0n) is 17.7. The summed E-state index contributed by atoms with van der Waals surface area (Å²) < 4.78 is 11.4. The summed E-state index contributed by atoms with van der Waals surface area (Å²) >= 11 is 1.66. The molecule has 0 spiro atoms. The van der Waals surface area contributed by atoms with Crippen LogP contribution in [0.15, 0.2) is 66.0 Å². The average Bonchev–Trinajstić information content (AvgIpc) is 3.30. The number of carbonyl (C=O) groups excluding carboxylic acids is 1. The predicted octanol–water partition coefficient (Wildman–Crippen LogP) is 4.82. The van der Waals surface area contributed by atoms with Crippen LogP contribution in [0.3, 0.4) is 0 Å². The molecule has 0 N–H and O–H groups in total. The number of ether oxygens (including phenoxy) is 2. The molecule has 0 fully saturated rings. The van der Waals surface area contributed by atoms with E-state index in [1.165, 1.54) is 0 Å². The van der Waals surface area contributed by atoms with Gasteiger partial charge >= 0.3 is 0 Å². The van der Waals surface area contributed by atoms with E-state index >= 15 is 0 Å². The maximum absolute atomic E-state index is 12.8. The molecule has 0 bridgehead atoms. The summed E-state index contributed by atoms with van der Waals surface area (Å²) in [5.74, 6) is 1.46. The van der Waals surface area contributed by atoms with Crippen molar-refractivity contribution >= 4 is 22.9 Å². The number of likely N-dealkylation sites (N-methyl/N-ethyl adjacent to an activating group) is 2. The molecule has 0 aliphatic heterocycles. The van der Waals surface area contributed by atoms with Crippen LogP contribution in [-0.2, 0) is 17.9 Å². The molecular formula is C24H28N2O3S. The van der Waals surface area contributed by atoms with Crippen molar-refractivity contribution < 1.29 is 14.3 Å². The molecule has 3 rings (SSSR count). The summed E-state index contributed by atoms with van der Waals surface area (Å²) in [6.45, 7) is 4.01. The molecule has 0 atom stereocenters.